The summed E-state index contributed by atoms with van der Waals surface area (Å²) in [5.74, 6) is 0. The second-order valence-electron chi connectivity index (χ2n) is 3.57. The van der Waals surface area contributed by atoms with Gasteiger partial charge in [0.05, 0.1) is 5.69 Å². The number of pyridine rings is 1. The van der Waals surface area contributed by atoms with Gasteiger partial charge in [0.2, 0.25) is 0 Å². The predicted octanol–water partition coefficient (Wildman–Crippen LogP) is 3.67. The third-order valence-electron chi connectivity index (χ3n) is 2.43. The summed E-state index contributed by atoms with van der Waals surface area (Å²) in [5.41, 5.74) is 3.16. The summed E-state index contributed by atoms with van der Waals surface area (Å²) in [7, 11) is 0. The topological polar surface area (TPSA) is 25.8 Å². The molecule has 81 valence electrons. The Bertz CT molecular complexity index is 548. The highest BCUT2D eigenvalue weighted by molar-refractivity contribution is 7.13. The summed E-state index contributed by atoms with van der Waals surface area (Å²) in [6.45, 7) is 0. The highest BCUT2D eigenvalue weighted by Gasteiger charge is 2.05. The van der Waals surface area contributed by atoms with Gasteiger partial charge in [-0.05, 0) is 18.2 Å². The maximum atomic E-state index is 4.62. The van der Waals surface area contributed by atoms with Gasteiger partial charge in [-0.1, -0.05) is 24.3 Å². The lowest BCUT2D eigenvalue weighted by Gasteiger charge is -1.95. The van der Waals surface area contributed by atoms with Crippen LogP contribution in [0.3, 0.4) is 0 Å². The van der Waals surface area contributed by atoms with E-state index in [1.165, 1.54) is 0 Å². The van der Waals surface area contributed by atoms with E-state index in [4.69, 9.17) is 0 Å². The Labute approximate surface area is 104 Å². The molecular weight excluding hydrogens is 228 g/mol. The van der Waals surface area contributed by atoms with Crippen molar-refractivity contribution in [1.82, 2.24) is 9.97 Å². The minimum atomic E-state index is 0.978. The lowest BCUT2D eigenvalue weighted by atomic mass is 10.2. The van der Waals surface area contributed by atoms with Gasteiger partial charge in [0.1, 0.15) is 5.01 Å². The maximum Gasteiger partial charge on any atom is 0.124 e. The number of rotatable bonds is 2. The van der Waals surface area contributed by atoms with E-state index in [9.17, 15) is 0 Å². The van der Waals surface area contributed by atoms with E-state index >= 15 is 0 Å². The Morgan fingerprint density at radius 3 is 2.71 bits per heavy atom. The summed E-state index contributed by atoms with van der Waals surface area (Å²) in [6.07, 6.45) is 3.60. The summed E-state index contributed by atoms with van der Waals surface area (Å²) < 4.78 is 0. The second-order valence-corrected chi connectivity index (χ2v) is 4.43. The number of hydrogen-bond donors (Lipinski definition) is 0. The summed E-state index contributed by atoms with van der Waals surface area (Å²) in [4.78, 5) is 8.72. The van der Waals surface area contributed by atoms with Crippen LogP contribution >= 0.6 is 11.3 Å². The first-order chi connectivity index (χ1) is 8.43. The SMILES string of the molecule is [c]1ccc(-c2nc(-c3cccnc3)cs2)cc1. The smallest absolute Gasteiger partial charge is 0.124 e. The molecule has 1 radical (unpaired) electrons. The van der Waals surface area contributed by atoms with E-state index in [-0.39, 0.29) is 0 Å². The molecule has 0 fully saturated rings. The molecule has 3 rings (SSSR count). The van der Waals surface area contributed by atoms with Gasteiger partial charge in [-0.25, -0.2) is 4.98 Å². The van der Waals surface area contributed by atoms with E-state index in [1.807, 2.05) is 42.6 Å². The van der Waals surface area contributed by atoms with Gasteiger partial charge in [0, 0.05) is 28.9 Å². The zero-order chi connectivity index (χ0) is 11.5. The van der Waals surface area contributed by atoms with Gasteiger partial charge in [-0.15, -0.1) is 11.3 Å². The quantitative estimate of drug-likeness (QED) is 0.679. The molecule has 3 aromatic rings. The fourth-order valence-electron chi connectivity index (χ4n) is 1.58. The molecule has 0 unspecified atom stereocenters. The van der Waals surface area contributed by atoms with Gasteiger partial charge in [0.15, 0.2) is 0 Å². The molecule has 0 atom stereocenters. The molecule has 2 aromatic heterocycles. The predicted molar refractivity (Wildman–Crippen MR) is 69.6 cm³/mol. The fourth-order valence-corrected chi connectivity index (χ4v) is 2.42. The first kappa shape index (κ1) is 10.2. The molecular formula is C14H9N2S. The molecule has 2 nitrogen and oxygen atoms in total. The molecule has 0 amide bonds. The normalized spacial score (nSPS) is 10.4. The Morgan fingerprint density at radius 2 is 1.94 bits per heavy atom. The summed E-state index contributed by atoms with van der Waals surface area (Å²) in [5, 5.41) is 3.08. The molecule has 0 saturated heterocycles. The van der Waals surface area contributed by atoms with Gasteiger partial charge in [-0.2, -0.15) is 0 Å². The highest BCUT2D eigenvalue weighted by atomic mass is 32.1. The van der Waals surface area contributed by atoms with E-state index < -0.39 is 0 Å². The molecule has 0 saturated carbocycles. The van der Waals surface area contributed by atoms with Crippen molar-refractivity contribution in [1.29, 1.82) is 0 Å². The van der Waals surface area contributed by atoms with Crippen LogP contribution in [-0.2, 0) is 0 Å². The van der Waals surface area contributed by atoms with Crippen LogP contribution < -0.4 is 0 Å². The van der Waals surface area contributed by atoms with Crippen LogP contribution in [0.1, 0.15) is 0 Å². The lowest BCUT2D eigenvalue weighted by Crippen LogP contribution is -1.80. The van der Waals surface area contributed by atoms with Crippen LogP contribution in [-0.4, -0.2) is 9.97 Å². The van der Waals surface area contributed by atoms with Crippen molar-refractivity contribution in [3.63, 3.8) is 0 Å². The van der Waals surface area contributed by atoms with Gasteiger partial charge in [-0.3, -0.25) is 4.98 Å². The van der Waals surface area contributed by atoms with Crippen LogP contribution in [0.5, 0.6) is 0 Å². The Kier molecular flexibility index (Phi) is 2.68. The van der Waals surface area contributed by atoms with Crippen LogP contribution in [0.25, 0.3) is 21.8 Å². The molecule has 0 aliphatic carbocycles. The number of aromatic nitrogens is 2. The summed E-state index contributed by atoms with van der Waals surface area (Å²) >= 11 is 1.64. The van der Waals surface area contributed by atoms with E-state index in [2.05, 4.69) is 21.4 Å². The average molecular weight is 237 g/mol. The monoisotopic (exact) mass is 237 g/mol. The summed E-state index contributed by atoms with van der Waals surface area (Å²) in [6, 6.07) is 14.8. The Morgan fingerprint density at radius 1 is 1.06 bits per heavy atom. The van der Waals surface area contributed by atoms with Crippen LogP contribution in [0, 0.1) is 6.07 Å². The van der Waals surface area contributed by atoms with Crippen molar-refractivity contribution in [3.8, 4) is 21.8 Å². The number of thiazole rings is 1. The highest BCUT2D eigenvalue weighted by Crippen LogP contribution is 2.27. The van der Waals surface area contributed by atoms with E-state index in [0.717, 1.165) is 21.8 Å². The van der Waals surface area contributed by atoms with Gasteiger partial charge >= 0.3 is 0 Å². The first-order valence-corrected chi connectivity index (χ1v) is 6.14. The first-order valence-electron chi connectivity index (χ1n) is 5.26. The third kappa shape index (κ3) is 2.10. The molecule has 0 N–H and O–H groups in total. The van der Waals surface area contributed by atoms with Gasteiger partial charge in [0.25, 0.3) is 0 Å². The van der Waals surface area contributed by atoms with Crippen molar-refractivity contribution >= 4 is 11.3 Å². The van der Waals surface area contributed by atoms with Crippen molar-refractivity contribution in [3.05, 3.63) is 60.2 Å². The lowest BCUT2D eigenvalue weighted by molar-refractivity contribution is 1.31. The zero-order valence-corrected chi connectivity index (χ0v) is 9.82. The third-order valence-corrected chi connectivity index (χ3v) is 3.32. The van der Waals surface area contributed by atoms with Crippen molar-refractivity contribution in [2.45, 2.75) is 0 Å². The zero-order valence-electron chi connectivity index (χ0n) is 9.00. The maximum absolute atomic E-state index is 4.62. The Hall–Kier alpha value is -2.00. The van der Waals surface area contributed by atoms with E-state index in [1.54, 1.807) is 17.5 Å². The van der Waals surface area contributed by atoms with Crippen molar-refractivity contribution < 1.29 is 0 Å². The van der Waals surface area contributed by atoms with Crippen molar-refractivity contribution in [2.75, 3.05) is 0 Å². The number of hydrogen-bond acceptors (Lipinski definition) is 3. The van der Waals surface area contributed by atoms with Gasteiger partial charge < -0.3 is 0 Å². The fraction of sp³-hybridized carbons (Fsp3) is 0. The molecule has 0 aliphatic heterocycles. The molecule has 17 heavy (non-hydrogen) atoms. The Balaban J connectivity index is 1.99. The molecule has 2 heterocycles. The second kappa shape index (κ2) is 4.47. The molecule has 0 aliphatic rings. The number of nitrogens with zero attached hydrogens (tertiary/aromatic N) is 2. The van der Waals surface area contributed by atoms with Crippen LogP contribution in [0.2, 0.25) is 0 Å². The molecule has 0 spiro atoms. The van der Waals surface area contributed by atoms with Crippen molar-refractivity contribution in [2.24, 2.45) is 0 Å². The molecule has 1 aromatic carbocycles. The minimum Gasteiger partial charge on any atom is -0.264 e. The number of benzene rings is 1. The van der Waals surface area contributed by atoms with Crippen LogP contribution in [0.15, 0.2) is 54.2 Å². The van der Waals surface area contributed by atoms with E-state index in [0.29, 0.717) is 0 Å². The molecule has 3 heteroatoms. The average Bonchev–Trinajstić information content (AvgIpc) is 2.90. The van der Waals surface area contributed by atoms with Crippen LogP contribution in [0.4, 0.5) is 0 Å². The largest absolute Gasteiger partial charge is 0.264 e. The standard InChI is InChI=1S/C14H9N2S/c1-2-5-11(6-3-1)14-16-13(10-17-14)12-7-4-8-15-9-12/h2-10H. The minimum absolute atomic E-state index is 0.978. The molecule has 0 bridgehead atoms.